The van der Waals surface area contributed by atoms with Gasteiger partial charge < -0.3 is 18.6 Å². The number of benzene rings is 4. The van der Waals surface area contributed by atoms with E-state index in [0.717, 1.165) is 15.4 Å². The van der Waals surface area contributed by atoms with Crippen molar-refractivity contribution in [3.8, 4) is 28.8 Å². The summed E-state index contributed by atoms with van der Waals surface area (Å²) < 4.78 is 26.6. The van der Waals surface area contributed by atoms with Crippen LogP contribution in [0.2, 0.25) is 0 Å². The minimum Gasteiger partial charge on any atom is -0.496 e. The van der Waals surface area contributed by atoms with Crippen LogP contribution >= 0.6 is 31.9 Å². The molecule has 216 valence electrons. The first-order valence-electron chi connectivity index (χ1n) is 13.4. The zero-order valence-electron chi connectivity index (χ0n) is 23.2. The maximum absolute atomic E-state index is 13.7. The minimum absolute atomic E-state index is 0.261. The van der Waals surface area contributed by atoms with Gasteiger partial charge in [0.05, 0.1) is 40.7 Å². The van der Waals surface area contributed by atoms with Crippen molar-refractivity contribution in [2.24, 2.45) is 5.10 Å². The summed E-state index contributed by atoms with van der Waals surface area (Å²) in [5, 5.41) is 5.79. The van der Waals surface area contributed by atoms with Crippen molar-refractivity contribution < 1.29 is 18.6 Å². The molecule has 0 aliphatic carbocycles. The molecule has 0 saturated heterocycles. The lowest BCUT2D eigenvalue weighted by atomic mass is 10.2. The normalized spacial score (nSPS) is 11.4. The molecule has 6 rings (SSSR count). The Kier molecular flexibility index (Phi) is 8.31. The maximum Gasteiger partial charge on any atom is 0.282 e. The average molecular weight is 703 g/mol. The van der Waals surface area contributed by atoms with Crippen LogP contribution in [0, 0.1) is 0 Å². The van der Waals surface area contributed by atoms with Gasteiger partial charge in [-0.05, 0) is 88.6 Å². The van der Waals surface area contributed by atoms with Gasteiger partial charge in [-0.25, -0.2) is 4.98 Å². The van der Waals surface area contributed by atoms with Gasteiger partial charge in [0, 0.05) is 4.47 Å². The second kappa shape index (κ2) is 12.4. The van der Waals surface area contributed by atoms with Crippen LogP contribution in [0.5, 0.6) is 17.2 Å². The number of hydrogen-bond acceptors (Lipinski definition) is 7. The van der Waals surface area contributed by atoms with Gasteiger partial charge in [-0.1, -0.05) is 46.3 Å². The average Bonchev–Trinajstić information content (AvgIpc) is 3.46. The Bertz CT molecular complexity index is 2030. The van der Waals surface area contributed by atoms with Crippen molar-refractivity contribution >= 4 is 59.9 Å². The fraction of sp³-hybridized carbons (Fsp3) is 0.121. The monoisotopic (exact) mass is 701 g/mol. The first-order valence-corrected chi connectivity index (χ1v) is 15.0. The largest absolute Gasteiger partial charge is 0.496 e. The van der Waals surface area contributed by atoms with Gasteiger partial charge in [-0.15, -0.1) is 0 Å². The molecular weight excluding hydrogens is 678 g/mol. The molecule has 0 aliphatic heterocycles. The number of fused-ring (bicyclic) bond motifs is 2. The summed E-state index contributed by atoms with van der Waals surface area (Å²) in [5.41, 5.74) is 2.51. The third-order valence-corrected chi connectivity index (χ3v) is 7.78. The molecule has 2 aromatic heterocycles. The summed E-state index contributed by atoms with van der Waals surface area (Å²) in [6.07, 6.45) is 1.58. The molecule has 0 atom stereocenters. The quantitative estimate of drug-likeness (QED) is 0.141. The summed E-state index contributed by atoms with van der Waals surface area (Å²) in [5.74, 6) is 2.41. The SMILES string of the molecule is CCOc1cc(C=Nn2c(-c3cc4c(OC)cccc4o3)nc3ccccc3c2=O)cc(Br)c1OCc1ccc(Br)cc1. The van der Waals surface area contributed by atoms with Crippen molar-refractivity contribution in [3.05, 3.63) is 115 Å². The number of hydrogen-bond donors (Lipinski definition) is 0. The summed E-state index contributed by atoms with van der Waals surface area (Å²) >= 11 is 7.09. The van der Waals surface area contributed by atoms with E-state index in [2.05, 4.69) is 37.0 Å². The third-order valence-electron chi connectivity index (χ3n) is 6.67. The lowest BCUT2D eigenvalue weighted by Gasteiger charge is -2.15. The van der Waals surface area contributed by atoms with Crippen LogP contribution in [-0.2, 0) is 6.61 Å². The number of nitrogens with zero attached hydrogens (tertiary/aromatic N) is 3. The molecule has 0 saturated carbocycles. The van der Waals surface area contributed by atoms with Crippen LogP contribution < -0.4 is 19.8 Å². The highest BCUT2D eigenvalue weighted by Crippen LogP contribution is 2.37. The third kappa shape index (κ3) is 5.93. The first-order chi connectivity index (χ1) is 20.9. The number of methoxy groups -OCH3 is 1. The summed E-state index contributed by atoms with van der Waals surface area (Å²) in [7, 11) is 1.60. The van der Waals surface area contributed by atoms with Crippen LogP contribution in [0.1, 0.15) is 18.1 Å². The molecule has 0 unspecified atom stereocenters. The van der Waals surface area contributed by atoms with Crippen LogP contribution in [0.25, 0.3) is 33.5 Å². The molecule has 10 heteroatoms. The molecule has 0 bridgehead atoms. The predicted molar refractivity (Wildman–Crippen MR) is 175 cm³/mol. The lowest BCUT2D eigenvalue weighted by Crippen LogP contribution is -2.20. The number of ether oxygens (including phenoxy) is 3. The molecule has 6 aromatic rings. The molecule has 0 radical (unpaired) electrons. The highest BCUT2D eigenvalue weighted by Gasteiger charge is 2.18. The van der Waals surface area contributed by atoms with Crippen LogP contribution in [0.15, 0.2) is 108 Å². The van der Waals surface area contributed by atoms with E-state index in [1.807, 2.05) is 67.6 Å². The number of rotatable bonds is 9. The van der Waals surface area contributed by atoms with Gasteiger partial charge in [0.25, 0.3) is 5.56 Å². The van der Waals surface area contributed by atoms with Crippen molar-refractivity contribution in [1.29, 1.82) is 0 Å². The van der Waals surface area contributed by atoms with E-state index in [-0.39, 0.29) is 11.4 Å². The molecule has 0 fully saturated rings. The van der Waals surface area contributed by atoms with Gasteiger partial charge in [0.15, 0.2) is 17.3 Å². The van der Waals surface area contributed by atoms with E-state index in [9.17, 15) is 4.79 Å². The molecule has 4 aromatic carbocycles. The molecule has 2 heterocycles. The fourth-order valence-electron chi connectivity index (χ4n) is 4.64. The zero-order chi connectivity index (χ0) is 29.9. The summed E-state index contributed by atoms with van der Waals surface area (Å²) in [4.78, 5) is 18.5. The Morgan fingerprint density at radius 3 is 2.53 bits per heavy atom. The minimum atomic E-state index is -0.331. The van der Waals surface area contributed by atoms with Gasteiger partial charge in [0.2, 0.25) is 5.82 Å². The van der Waals surface area contributed by atoms with Crippen molar-refractivity contribution in [1.82, 2.24) is 9.66 Å². The van der Waals surface area contributed by atoms with Gasteiger partial charge in [0.1, 0.15) is 17.9 Å². The topological polar surface area (TPSA) is 88.1 Å². The molecule has 0 spiro atoms. The maximum atomic E-state index is 13.7. The lowest BCUT2D eigenvalue weighted by molar-refractivity contribution is 0.267. The Morgan fingerprint density at radius 2 is 1.74 bits per heavy atom. The molecular formula is C33H25Br2N3O5. The van der Waals surface area contributed by atoms with E-state index in [4.69, 9.17) is 23.6 Å². The number of para-hydroxylation sites is 1. The second-order valence-corrected chi connectivity index (χ2v) is 11.2. The zero-order valence-corrected chi connectivity index (χ0v) is 26.4. The Morgan fingerprint density at radius 1 is 0.930 bits per heavy atom. The van der Waals surface area contributed by atoms with E-state index in [1.165, 1.54) is 4.68 Å². The van der Waals surface area contributed by atoms with E-state index in [0.29, 0.717) is 62.7 Å². The highest BCUT2D eigenvalue weighted by molar-refractivity contribution is 9.10. The Balaban J connectivity index is 1.41. The predicted octanol–water partition coefficient (Wildman–Crippen LogP) is 8.20. The van der Waals surface area contributed by atoms with E-state index in [1.54, 1.807) is 37.6 Å². The van der Waals surface area contributed by atoms with E-state index < -0.39 is 0 Å². The van der Waals surface area contributed by atoms with Gasteiger partial charge in [-0.3, -0.25) is 4.79 Å². The molecule has 0 aliphatic rings. The Hall–Kier alpha value is -4.41. The standard InChI is InChI=1S/C33H25Br2N3O5/c1-3-41-29-16-21(15-25(35)31(29)42-19-20-11-13-22(34)14-12-20)18-36-38-32(37-26-8-5-4-7-23(26)33(38)39)30-17-24-27(40-2)9-6-10-28(24)43-30/h4-18H,3,19H2,1-2H3. The fourth-order valence-corrected chi connectivity index (χ4v) is 5.48. The number of halogens is 2. The summed E-state index contributed by atoms with van der Waals surface area (Å²) in [6.45, 7) is 2.71. The molecule has 8 nitrogen and oxygen atoms in total. The Labute approximate surface area is 263 Å². The van der Waals surface area contributed by atoms with Crippen LogP contribution in [0.4, 0.5) is 0 Å². The molecule has 0 N–H and O–H groups in total. The van der Waals surface area contributed by atoms with Gasteiger partial charge >= 0.3 is 0 Å². The first kappa shape index (κ1) is 28.7. The summed E-state index contributed by atoms with van der Waals surface area (Å²) in [6, 6.07) is 26.1. The highest BCUT2D eigenvalue weighted by atomic mass is 79.9. The van der Waals surface area contributed by atoms with Crippen LogP contribution in [-0.4, -0.2) is 29.6 Å². The number of aromatic nitrogens is 2. The smallest absolute Gasteiger partial charge is 0.282 e. The van der Waals surface area contributed by atoms with Crippen molar-refractivity contribution in [2.45, 2.75) is 13.5 Å². The van der Waals surface area contributed by atoms with E-state index >= 15 is 0 Å². The number of furan rings is 1. The van der Waals surface area contributed by atoms with Crippen molar-refractivity contribution in [3.63, 3.8) is 0 Å². The molecule has 0 amide bonds. The van der Waals surface area contributed by atoms with Crippen molar-refractivity contribution in [2.75, 3.05) is 13.7 Å². The second-order valence-electron chi connectivity index (χ2n) is 9.47. The van der Waals surface area contributed by atoms with Gasteiger partial charge in [-0.2, -0.15) is 9.78 Å². The van der Waals surface area contributed by atoms with Crippen LogP contribution in [0.3, 0.4) is 0 Å². The molecule has 43 heavy (non-hydrogen) atoms.